The number of imide groups is 1. The van der Waals surface area contributed by atoms with E-state index in [1.54, 1.807) is 34.3 Å². The highest BCUT2D eigenvalue weighted by Gasteiger charge is 2.29. The maximum atomic E-state index is 13.7. The average molecular weight is 475 g/mol. The first-order chi connectivity index (χ1) is 15.2. The van der Waals surface area contributed by atoms with Gasteiger partial charge in [-0.15, -0.1) is 11.3 Å². The molecule has 0 spiro atoms. The van der Waals surface area contributed by atoms with Crippen molar-refractivity contribution in [1.29, 1.82) is 0 Å². The standard InChI is InChI=1S/C22H26N4O4S2/c1-11(2)17(18(27)24-21(23)29)32-22-25-19-16(14-7-6-12(3)9-15(14)31-19)20(28)26(22)10-13-5-4-8-30-13/h4-5,8,11-12,17H,6-7,9-10H2,1-3H3,(H3,23,24,27,29). The number of hydrogen-bond donors (Lipinski definition) is 2. The minimum absolute atomic E-state index is 0.124. The molecule has 0 bridgehead atoms. The van der Waals surface area contributed by atoms with E-state index < -0.39 is 17.2 Å². The van der Waals surface area contributed by atoms with Crippen LogP contribution in [0.1, 0.15) is 43.4 Å². The van der Waals surface area contributed by atoms with Gasteiger partial charge in [0.15, 0.2) is 5.16 Å². The number of urea groups is 1. The van der Waals surface area contributed by atoms with Crippen molar-refractivity contribution in [2.24, 2.45) is 17.6 Å². The summed E-state index contributed by atoms with van der Waals surface area (Å²) >= 11 is 2.74. The molecule has 3 heterocycles. The van der Waals surface area contributed by atoms with Crippen molar-refractivity contribution in [2.75, 3.05) is 0 Å². The fourth-order valence-corrected chi connectivity index (χ4v) is 6.51. The number of nitrogens with two attached hydrogens (primary N) is 1. The summed E-state index contributed by atoms with van der Waals surface area (Å²) in [4.78, 5) is 44.3. The number of aryl methyl sites for hydroxylation is 1. The number of carbonyl (C=O) groups is 2. The molecule has 3 aromatic rings. The number of amides is 3. The van der Waals surface area contributed by atoms with Crippen LogP contribution in [0.15, 0.2) is 32.8 Å². The van der Waals surface area contributed by atoms with Gasteiger partial charge < -0.3 is 10.2 Å². The van der Waals surface area contributed by atoms with Crippen LogP contribution in [0.2, 0.25) is 0 Å². The molecule has 0 saturated heterocycles. The maximum Gasteiger partial charge on any atom is 0.318 e. The molecule has 8 nitrogen and oxygen atoms in total. The second-order valence-electron chi connectivity index (χ2n) is 8.53. The normalized spacial score (nSPS) is 16.8. The zero-order chi connectivity index (χ0) is 23.0. The third-order valence-corrected chi connectivity index (χ3v) is 8.30. The molecule has 170 valence electrons. The first kappa shape index (κ1) is 22.6. The van der Waals surface area contributed by atoms with E-state index in [0.29, 0.717) is 27.1 Å². The molecule has 10 heteroatoms. The van der Waals surface area contributed by atoms with Crippen molar-refractivity contribution in [2.45, 2.75) is 57.0 Å². The van der Waals surface area contributed by atoms with E-state index in [2.05, 4.69) is 12.2 Å². The number of rotatable bonds is 6. The molecule has 32 heavy (non-hydrogen) atoms. The molecular weight excluding hydrogens is 448 g/mol. The third-order valence-electron chi connectivity index (χ3n) is 5.62. The van der Waals surface area contributed by atoms with E-state index in [1.807, 2.05) is 13.8 Å². The van der Waals surface area contributed by atoms with Crippen LogP contribution in [-0.2, 0) is 24.2 Å². The molecule has 0 saturated carbocycles. The Bertz CT molecular complexity index is 1210. The molecule has 1 aliphatic carbocycles. The first-order valence-electron chi connectivity index (χ1n) is 10.6. The highest BCUT2D eigenvalue weighted by atomic mass is 32.2. The Balaban J connectivity index is 1.83. The highest BCUT2D eigenvalue weighted by molar-refractivity contribution is 8.00. The van der Waals surface area contributed by atoms with Gasteiger partial charge in [0.05, 0.1) is 23.4 Å². The maximum absolute atomic E-state index is 13.7. The Morgan fingerprint density at radius 2 is 2.22 bits per heavy atom. The van der Waals surface area contributed by atoms with Crippen molar-refractivity contribution in [3.63, 3.8) is 0 Å². The number of fused-ring (bicyclic) bond motifs is 3. The Morgan fingerprint density at radius 1 is 1.44 bits per heavy atom. The number of primary amides is 1. The number of thioether (sulfide) groups is 1. The van der Waals surface area contributed by atoms with E-state index in [-0.39, 0.29) is 18.0 Å². The molecule has 3 N–H and O–H groups in total. The van der Waals surface area contributed by atoms with Crippen molar-refractivity contribution >= 4 is 45.3 Å². The molecule has 0 aliphatic heterocycles. The Kier molecular flexibility index (Phi) is 6.43. The number of nitrogens with one attached hydrogen (secondary N) is 1. The summed E-state index contributed by atoms with van der Waals surface area (Å²) in [5, 5.41) is 2.60. The quantitative estimate of drug-likeness (QED) is 0.416. The van der Waals surface area contributed by atoms with Crippen LogP contribution in [0, 0.1) is 11.8 Å². The van der Waals surface area contributed by atoms with E-state index in [1.165, 1.54) is 16.6 Å². The van der Waals surface area contributed by atoms with Gasteiger partial charge in [0.2, 0.25) is 5.91 Å². The SMILES string of the molecule is CC1CCc2c(sc3nc(SC(C(=O)NC(N)=O)C(C)C)n(Cc4ccco4)c(=O)c23)C1. The van der Waals surface area contributed by atoms with Crippen LogP contribution < -0.4 is 16.6 Å². The van der Waals surface area contributed by atoms with Crippen molar-refractivity contribution in [3.8, 4) is 0 Å². The molecule has 0 fully saturated rings. The largest absolute Gasteiger partial charge is 0.467 e. The molecule has 2 atom stereocenters. The monoisotopic (exact) mass is 474 g/mol. The molecule has 0 aromatic carbocycles. The number of aromatic nitrogens is 2. The fourth-order valence-electron chi connectivity index (χ4n) is 3.99. The molecule has 3 aromatic heterocycles. The smallest absolute Gasteiger partial charge is 0.318 e. The second-order valence-corrected chi connectivity index (χ2v) is 10.7. The van der Waals surface area contributed by atoms with Gasteiger partial charge >= 0.3 is 6.03 Å². The fraction of sp³-hybridized carbons (Fsp3) is 0.455. The van der Waals surface area contributed by atoms with Crippen LogP contribution in [0.4, 0.5) is 4.79 Å². The zero-order valence-corrected chi connectivity index (χ0v) is 19.8. The van der Waals surface area contributed by atoms with Gasteiger partial charge in [-0.3, -0.25) is 19.5 Å². The van der Waals surface area contributed by atoms with Gasteiger partial charge in [-0.1, -0.05) is 32.5 Å². The van der Waals surface area contributed by atoms with Crippen molar-refractivity contribution < 1.29 is 14.0 Å². The van der Waals surface area contributed by atoms with Gasteiger partial charge in [-0.05, 0) is 48.8 Å². The summed E-state index contributed by atoms with van der Waals surface area (Å²) in [6, 6.07) is 2.66. The van der Waals surface area contributed by atoms with Crippen LogP contribution >= 0.6 is 23.1 Å². The lowest BCUT2D eigenvalue weighted by Gasteiger charge is -2.20. The lowest BCUT2D eigenvalue weighted by molar-refractivity contribution is -0.120. The van der Waals surface area contributed by atoms with Gasteiger partial charge in [0.1, 0.15) is 10.6 Å². The average Bonchev–Trinajstić information content (AvgIpc) is 3.34. The topological polar surface area (TPSA) is 120 Å². The van der Waals surface area contributed by atoms with E-state index in [9.17, 15) is 14.4 Å². The number of furan rings is 1. The molecule has 2 unspecified atom stereocenters. The number of hydrogen-bond acceptors (Lipinski definition) is 7. The lowest BCUT2D eigenvalue weighted by atomic mass is 9.89. The highest BCUT2D eigenvalue weighted by Crippen LogP contribution is 2.37. The molecule has 3 amide bonds. The summed E-state index contributed by atoms with van der Waals surface area (Å²) in [7, 11) is 0. The number of thiophene rings is 1. The van der Waals surface area contributed by atoms with Crippen LogP contribution in [-0.4, -0.2) is 26.7 Å². The first-order valence-corrected chi connectivity index (χ1v) is 12.3. The molecular formula is C22H26N4O4S2. The van der Waals surface area contributed by atoms with Gasteiger partial charge in [0, 0.05) is 4.88 Å². The van der Waals surface area contributed by atoms with Crippen LogP contribution in [0.25, 0.3) is 10.2 Å². The predicted octanol–water partition coefficient (Wildman–Crippen LogP) is 3.54. The van der Waals surface area contributed by atoms with Crippen LogP contribution in [0.5, 0.6) is 0 Å². The van der Waals surface area contributed by atoms with E-state index in [0.717, 1.165) is 24.8 Å². The van der Waals surface area contributed by atoms with E-state index in [4.69, 9.17) is 15.1 Å². The van der Waals surface area contributed by atoms with E-state index >= 15 is 0 Å². The molecule has 0 radical (unpaired) electrons. The summed E-state index contributed by atoms with van der Waals surface area (Å²) in [6.45, 7) is 6.18. The van der Waals surface area contributed by atoms with Gasteiger partial charge in [-0.2, -0.15) is 0 Å². The second kappa shape index (κ2) is 9.11. The lowest BCUT2D eigenvalue weighted by Crippen LogP contribution is -2.42. The zero-order valence-electron chi connectivity index (χ0n) is 18.2. The Labute approximate surface area is 193 Å². The minimum atomic E-state index is -0.905. The summed E-state index contributed by atoms with van der Waals surface area (Å²) in [5.41, 5.74) is 6.13. The number of nitrogens with zero attached hydrogens (tertiary/aromatic N) is 2. The molecule has 4 rings (SSSR count). The predicted molar refractivity (Wildman–Crippen MR) is 125 cm³/mol. The van der Waals surface area contributed by atoms with Gasteiger partial charge in [-0.25, -0.2) is 9.78 Å². The molecule has 1 aliphatic rings. The minimum Gasteiger partial charge on any atom is -0.467 e. The van der Waals surface area contributed by atoms with Crippen molar-refractivity contribution in [1.82, 2.24) is 14.9 Å². The van der Waals surface area contributed by atoms with Gasteiger partial charge in [0.25, 0.3) is 5.56 Å². The number of carbonyl (C=O) groups excluding carboxylic acids is 2. The summed E-state index contributed by atoms with van der Waals surface area (Å²) < 4.78 is 7.06. The Hall–Kier alpha value is -2.59. The third kappa shape index (κ3) is 4.47. The summed E-state index contributed by atoms with van der Waals surface area (Å²) in [5.74, 6) is 0.574. The Morgan fingerprint density at radius 3 is 2.88 bits per heavy atom. The van der Waals surface area contributed by atoms with Crippen molar-refractivity contribution in [3.05, 3.63) is 45.0 Å². The summed E-state index contributed by atoms with van der Waals surface area (Å²) in [6.07, 6.45) is 4.43. The van der Waals surface area contributed by atoms with Crippen LogP contribution in [0.3, 0.4) is 0 Å².